The molecule has 4 aliphatic heterocycles. The number of ether oxygens (including phenoxy) is 1. The molecule has 2 aromatic carbocycles. The van der Waals surface area contributed by atoms with Crippen LogP contribution in [0.2, 0.25) is 0 Å². The van der Waals surface area contributed by atoms with E-state index in [1.165, 1.54) is 4.90 Å². The standard InChI is InChI=1S/C30H38N4O3/c1-2-30-16-9-5-3-4-6-13-23-18-25(24-14-7-8-15-26(24)37-23)32-28(36)22-12-10-11-21(17-22)20-34(27(35)19-30)29(31)33-30/h7-8,10-12,14-15,17,23,25H,2-6,9,13,16,18-20H2,1H3,(H2,31,33)(H,32,36). The minimum atomic E-state index is -0.342. The summed E-state index contributed by atoms with van der Waals surface area (Å²) in [4.78, 5) is 28.0. The van der Waals surface area contributed by atoms with Crippen LogP contribution in [0.3, 0.4) is 0 Å². The molecular weight excluding hydrogens is 464 g/mol. The van der Waals surface area contributed by atoms with E-state index in [2.05, 4.69) is 17.6 Å². The molecule has 3 unspecified atom stereocenters. The Labute approximate surface area is 219 Å². The minimum absolute atomic E-state index is 0.0280. The quantitative estimate of drug-likeness (QED) is 0.483. The maximum atomic E-state index is 13.3. The Morgan fingerprint density at radius 1 is 1.05 bits per heavy atom. The molecule has 0 aliphatic carbocycles. The predicted octanol–water partition coefficient (Wildman–Crippen LogP) is 5.46. The lowest BCUT2D eigenvalue weighted by Crippen LogP contribution is -2.61. The average Bonchev–Trinajstić information content (AvgIpc) is 2.90. The first-order chi connectivity index (χ1) is 18.0. The van der Waals surface area contributed by atoms with E-state index in [0.29, 0.717) is 12.0 Å². The first-order valence-corrected chi connectivity index (χ1v) is 13.8. The van der Waals surface area contributed by atoms with Gasteiger partial charge in [0.1, 0.15) is 11.9 Å². The Balaban J connectivity index is 1.41. The lowest BCUT2D eigenvalue weighted by Gasteiger charge is -2.42. The van der Waals surface area contributed by atoms with Gasteiger partial charge in [-0.05, 0) is 49.4 Å². The maximum absolute atomic E-state index is 13.3. The number of hydrogen-bond acceptors (Lipinski definition) is 4. The molecule has 0 radical (unpaired) electrons. The van der Waals surface area contributed by atoms with Crippen LogP contribution < -0.4 is 15.4 Å². The second-order valence-electron chi connectivity index (χ2n) is 10.8. The molecule has 1 saturated heterocycles. The van der Waals surface area contributed by atoms with E-state index in [9.17, 15) is 9.59 Å². The van der Waals surface area contributed by atoms with E-state index in [1.807, 2.05) is 42.5 Å². The topological polar surface area (TPSA) is 94.5 Å². The summed E-state index contributed by atoms with van der Waals surface area (Å²) in [7, 11) is 0. The molecule has 6 bridgehead atoms. The molecule has 7 nitrogen and oxygen atoms in total. The highest BCUT2D eigenvalue weighted by atomic mass is 16.5. The van der Waals surface area contributed by atoms with E-state index in [1.54, 1.807) is 6.07 Å². The first kappa shape index (κ1) is 25.3. The fourth-order valence-corrected chi connectivity index (χ4v) is 5.99. The summed E-state index contributed by atoms with van der Waals surface area (Å²) >= 11 is 0. The van der Waals surface area contributed by atoms with Crippen molar-refractivity contribution in [3.8, 4) is 5.75 Å². The number of carbonyl (C=O) groups excluding carboxylic acids is 2. The van der Waals surface area contributed by atoms with E-state index < -0.39 is 0 Å². The number of nitrogens with zero attached hydrogens (tertiary/aromatic N) is 1. The number of benzene rings is 2. The molecule has 6 rings (SSSR count). The number of amides is 2. The fourth-order valence-electron chi connectivity index (χ4n) is 5.99. The van der Waals surface area contributed by atoms with Gasteiger partial charge in [-0.1, -0.05) is 62.9 Å². The van der Waals surface area contributed by atoms with E-state index >= 15 is 0 Å². The molecule has 4 heterocycles. The summed E-state index contributed by atoms with van der Waals surface area (Å²) in [5, 5.41) is 15.2. The molecule has 196 valence electrons. The SMILES string of the molecule is CCC12CCCCCCCC3CC(NC(=O)c4cccc(c4)CN(C(=N)N1)C(=O)C2)c1ccccc1O3. The molecule has 0 spiro atoms. The fraction of sp³-hybridized carbons (Fsp3) is 0.500. The number of hydrogen-bond donors (Lipinski definition) is 3. The summed E-state index contributed by atoms with van der Waals surface area (Å²) in [6.07, 6.45) is 9.46. The van der Waals surface area contributed by atoms with Crippen LogP contribution in [0.5, 0.6) is 5.75 Å². The molecule has 1 fully saturated rings. The Bertz CT molecular complexity index is 1150. The monoisotopic (exact) mass is 502 g/mol. The summed E-state index contributed by atoms with van der Waals surface area (Å²) in [5.41, 5.74) is 2.06. The number of guanidine groups is 1. The highest BCUT2D eigenvalue weighted by molar-refractivity contribution is 5.99. The number of para-hydroxylation sites is 1. The van der Waals surface area contributed by atoms with Gasteiger partial charge in [0.05, 0.1) is 19.0 Å². The molecular formula is C30H38N4O3. The van der Waals surface area contributed by atoms with E-state index in [0.717, 1.165) is 74.7 Å². The van der Waals surface area contributed by atoms with Crippen molar-refractivity contribution < 1.29 is 14.3 Å². The molecule has 3 N–H and O–H groups in total. The maximum Gasteiger partial charge on any atom is 0.251 e. The van der Waals surface area contributed by atoms with Crippen LogP contribution in [-0.2, 0) is 11.3 Å². The van der Waals surface area contributed by atoms with Gasteiger partial charge in [-0.25, -0.2) is 0 Å². The van der Waals surface area contributed by atoms with E-state index in [4.69, 9.17) is 10.1 Å². The summed E-state index contributed by atoms with van der Waals surface area (Å²) in [6, 6.07) is 15.3. The summed E-state index contributed by atoms with van der Waals surface area (Å²) in [5.74, 6) is 0.852. The smallest absolute Gasteiger partial charge is 0.251 e. The second-order valence-corrected chi connectivity index (χ2v) is 10.8. The summed E-state index contributed by atoms with van der Waals surface area (Å²) < 4.78 is 6.32. The number of carbonyl (C=O) groups is 2. The predicted molar refractivity (Wildman–Crippen MR) is 143 cm³/mol. The van der Waals surface area contributed by atoms with Crippen LogP contribution in [-0.4, -0.2) is 34.3 Å². The minimum Gasteiger partial charge on any atom is -0.490 e. The Hall–Kier alpha value is -3.35. The molecule has 4 aliphatic rings. The second kappa shape index (κ2) is 11.0. The van der Waals surface area contributed by atoms with Crippen molar-refractivity contribution in [3.63, 3.8) is 0 Å². The van der Waals surface area contributed by atoms with Crippen molar-refractivity contribution in [1.82, 2.24) is 15.5 Å². The van der Waals surface area contributed by atoms with Crippen molar-refractivity contribution in [3.05, 3.63) is 65.2 Å². The number of fused-ring (bicyclic) bond motifs is 10. The Morgan fingerprint density at radius 3 is 2.70 bits per heavy atom. The molecule has 37 heavy (non-hydrogen) atoms. The van der Waals surface area contributed by atoms with Crippen molar-refractivity contribution in [2.24, 2.45) is 0 Å². The van der Waals surface area contributed by atoms with Gasteiger partial charge in [0, 0.05) is 23.1 Å². The van der Waals surface area contributed by atoms with Gasteiger partial charge >= 0.3 is 0 Å². The van der Waals surface area contributed by atoms with Gasteiger partial charge in [-0.2, -0.15) is 0 Å². The normalized spacial score (nSPS) is 26.9. The van der Waals surface area contributed by atoms with Crippen molar-refractivity contribution in [1.29, 1.82) is 5.41 Å². The van der Waals surface area contributed by atoms with Crippen LogP contribution in [0.15, 0.2) is 48.5 Å². The lowest BCUT2D eigenvalue weighted by atomic mass is 9.84. The van der Waals surface area contributed by atoms with Gasteiger partial charge in [0.25, 0.3) is 5.91 Å². The van der Waals surface area contributed by atoms with Gasteiger partial charge in [-0.3, -0.25) is 19.9 Å². The van der Waals surface area contributed by atoms with Crippen molar-refractivity contribution in [2.75, 3.05) is 0 Å². The molecule has 2 aromatic rings. The zero-order chi connectivity index (χ0) is 25.8. The third kappa shape index (κ3) is 5.65. The first-order valence-electron chi connectivity index (χ1n) is 13.8. The van der Waals surface area contributed by atoms with Gasteiger partial charge in [0.2, 0.25) is 5.91 Å². The van der Waals surface area contributed by atoms with Crippen molar-refractivity contribution >= 4 is 17.8 Å². The average molecular weight is 503 g/mol. The van der Waals surface area contributed by atoms with Crippen LogP contribution in [0.25, 0.3) is 0 Å². The number of rotatable bonds is 1. The van der Waals surface area contributed by atoms with Crippen molar-refractivity contribution in [2.45, 2.75) is 95.4 Å². The van der Waals surface area contributed by atoms with Gasteiger partial charge < -0.3 is 15.4 Å². The summed E-state index contributed by atoms with van der Waals surface area (Å²) in [6.45, 7) is 2.37. The van der Waals surface area contributed by atoms with Crippen LogP contribution in [0.1, 0.15) is 98.7 Å². The molecule has 7 heteroatoms. The zero-order valence-electron chi connectivity index (χ0n) is 21.7. The van der Waals surface area contributed by atoms with Gasteiger partial charge in [0.15, 0.2) is 5.96 Å². The molecule has 2 amide bonds. The van der Waals surface area contributed by atoms with Crippen LogP contribution in [0.4, 0.5) is 0 Å². The third-order valence-corrected chi connectivity index (χ3v) is 8.22. The van der Waals surface area contributed by atoms with Gasteiger partial charge in [-0.15, -0.1) is 0 Å². The molecule has 0 saturated carbocycles. The lowest BCUT2D eigenvalue weighted by molar-refractivity contribution is -0.131. The Morgan fingerprint density at radius 2 is 1.86 bits per heavy atom. The third-order valence-electron chi connectivity index (χ3n) is 8.22. The van der Waals surface area contributed by atoms with Crippen LogP contribution in [0, 0.1) is 5.41 Å². The molecule has 0 aromatic heterocycles. The highest BCUT2D eigenvalue weighted by Crippen LogP contribution is 2.36. The molecule has 3 atom stereocenters. The van der Waals surface area contributed by atoms with E-state index in [-0.39, 0.29) is 42.0 Å². The Kier molecular flexibility index (Phi) is 7.49. The number of nitrogens with one attached hydrogen (secondary N) is 3. The largest absolute Gasteiger partial charge is 0.490 e. The van der Waals surface area contributed by atoms with Crippen LogP contribution >= 0.6 is 0 Å². The zero-order valence-corrected chi connectivity index (χ0v) is 21.7. The highest BCUT2D eigenvalue weighted by Gasteiger charge is 2.40.